The fourth-order valence-electron chi connectivity index (χ4n) is 1.89. The maximum atomic E-state index is 12.2. The van der Waals surface area contributed by atoms with Crippen molar-refractivity contribution in [3.8, 4) is 5.75 Å². The van der Waals surface area contributed by atoms with Gasteiger partial charge >= 0.3 is 0 Å². The molecule has 0 bridgehead atoms. The molecule has 6 nitrogen and oxygen atoms in total. The molecule has 0 aromatic heterocycles. The number of anilines is 1. The Morgan fingerprint density at radius 2 is 1.87 bits per heavy atom. The number of amides is 1. The topological polar surface area (TPSA) is 81.5 Å². The molecule has 0 aliphatic heterocycles. The molecule has 1 amide bonds. The number of hydrogen-bond acceptors (Lipinski definition) is 5. The van der Waals surface area contributed by atoms with E-state index in [0.717, 1.165) is 10.6 Å². The Bertz CT molecular complexity index is 703. The van der Waals surface area contributed by atoms with E-state index in [0.29, 0.717) is 5.75 Å². The van der Waals surface area contributed by atoms with Crippen molar-refractivity contribution >= 4 is 29.0 Å². The number of non-ortho nitro benzene ring substituents is 1. The van der Waals surface area contributed by atoms with E-state index in [2.05, 4.69) is 5.32 Å². The molecule has 0 saturated carbocycles. The molecule has 1 N–H and O–H groups in total. The minimum atomic E-state index is -0.730. The van der Waals surface area contributed by atoms with Crippen LogP contribution in [0.15, 0.2) is 53.4 Å². The van der Waals surface area contributed by atoms with Gasteiger partial charge in [-0.05, 0) is 37.4 Å². The number of carbonyl (C=O) groups excluding carboxylic acids is 1. The fraction of sp³-hybridized carbons (Fsp3) is 0.188. The molecule has 23 heavy (non-hydrogen) atoms. The van der Waals surface area contributed by atoms with Crippen molar-refractivity contribution < 1.29 is 14.5 Å². The second kappa shape index (κ2) is 7.64. The van der Waals surface area contributed by atoms with Crippen LogP contribution in [0.3, 0.4) is 0 Å². The maximum absolute atomic E-state index is 12.2. The lowest BCUT2D eigenvalue weighted by Gasteiger charge is -2.16. The van der Waals surface area contributed by atoms with Gasteiger partial charge in [-0.15, -0.1) is 11.8 Å². The van der Waals surface area contributed by atoms with E-state index in [1.54, 1.807) is 6.92 Å². The largest absolute Gasteiger partial charge is 0.481 e. The van der Waals surface area contributed by atoms with Gasteiger partial charge in [-0.2, -0.15) is 0 Å². The standard InChI is InChI=1S/C16H16N2O4S/c1-11(22-13-9-7-12(8-10-13)18(20)21)16(19)17-14-5-3-4-6-15(14)23-2/h3-11H,1-2H3,(H,17,19)/t11-/m1/s1. The van der Waals surface area contributed by atoms with E-state index in [1.807, 2.05) is 30.5 Å². The Balaban J connectivity index is 2.01. The van der Waals surface area contributed by atoms with Gasteiger partial charge in [-0.3, -0.25) is 14.9 Å². The zero-order chi connectivity index (χ0) is 16.8. The normalized spacial score (nSPS) is 11.6. The Morgan fingerprint density at radius 3 is 2.48 bits per heavy atom. The molecule has 120 valence electrons. The van der Waals surface area contributed by atoms with Crippen molar-refractivity contribution in [1.29, 1.82) is 0 Å². The zero-order valence-electron chi connectivity index (χ0n) is 12.7. The van der Waals surface area contributed by atoms with Gasteiger partial charge in [0.25, 0.3) is 11.6 Å². The second-order valence-corrected chi connectivity index (χ2v) is 5.55. The smallest absolute Gasteiger partial charge is 0.269 e. The summed E-state index contributed by atoms with van der Waals surface area (Å²) in [6.45, 7) is 1.62. The summed E-state index contributed by atoms with van der Waals surface area (Å²) in [6, 6.07) is 13.1. The molecule has 0 unspecified atom stereocenters. The highest BCUT2D eigenvalue weighted by Crippen LogP contribution is 2.25. The van der Waals surface area contributed by atoms with Crippen LogP contribution in [0.2, 0.25) is 0 Å². The van der Waals surface area contributed by atoms with Crippen LogP contribution < -0.4 is 10.1 Å². The first-order chi connectivity index (χ1) is 11.0. The summed E-state index contributed by atoms with van der Waals surface area (Å²) in [5.74, 6) is 0.112. The molecule has 0 aliphatic carbocycles. The highest BCUT2D eigenvalue weighted by atomic mass is 32.2. The monoisotopic (exact) mass is 332 g/mol. The molecular weight excluding hydrogens is 316 g/mol. The van der Waals surface area contributed by atoms with E-state index in [1.165, 1.54) is 36.0 Å². The number of rotatable bonds is 6. The van der Waals surface area contributed by atoms with E-state index >= 15 is 0 Å². The summed E-state index contributed by atoms with van der Waals surface area (Å²) in [4.78, 5) is 23.3. The SMILES string of the molecule is CSc1ccccc1NC(=O)[C@@H](C)Oc1ccc([N+](=O)[O-])cc1. The summed E-state index contributed by atoms with van der Waals surface area (Å²) in [6.07, 6.45) is 1.20. The molecule has 2 rings (SSSR count). The van der Waals surface area contributed by atoms with E-state index in [-0.39, 0.29) is 11.6 Å². The molecule has 0 fully saturated rings. The van der Waals surface area contributed by atoms with Crippen LogP contribution in [-0.4, -0.2) is 23.2 Å². The summed E-state index contributed by atoms with van der Waals surface area (Å²) >= 11 is 1.54. The first kappa shape index (κ1) is 16.8. The second-order valence-electron chi connectivity index (χ2n) is 4.70. The molecule has 0 radical (unpaired) electrons. The minimum Gasteiger partial charge on any atom is -0.481 e. The Hall–Kier alpha value is -2.54. The number of carbonyl (C=O) groups is 1. The molecule has 1 atom stereocenters. The highest BCUT2D eigenvalue weighted by molar-refractivity contribution is 7.98. The lowest BCUT2D eigenvalue weighted by molar-refractivity contribution is -0.384. The van der Waals surface area contributed by atoms with Crippen molar-refractivity contribution in [2.75, 3.05) is 11.6 Å². The zero-order valence-corrected chi connectivity index (χ0v) is 13.5. The Kier molecular flexibility index (Phi) is 5.59. The predicted molar refractivity (Wildman–Crippen MR) is 90.0 cm³/mol. The molecule has 0 heterocycles. The van der Waals surface area contributed by atoms with Gasteiger partial charge in [0.1, 0.15) is 5.75 Å². The third-order valence-electron chi connectivity index (χ3n) is 3.09. The van der Waals surface area contributed by atoms with Crippen molar-refractivity contribution in [3.63, 3.8) is 0 Å². The van der Waals surface area contributed by atoms with Crippen LogP contribution in [0.5, 0.6) is 5.75 Å². The number of nitro benzene ring substituents is 1. The summed E-state index contributed by atoms with van der Waals surface area (Å²) in [7, 11) is 0. The lowest BCUT2D eigenvalue weighted by Crippen LogP contribution is -2.30. The maximum Gasteiger partial charge on any atom is 0.269 e. The van der Waals surface area contributed by atoms with Crippen molar-refractivity contribution in [3.05, 3.63) is 58.6 Å². The van der Waals surface area contributed by atoms with E-state index < -0.39 is 11.0 Å². The average molecular weight is 332 g/mol. The Labute approximate surface area is 138 Å². The minimum absolute atomic E-state index is 0.0247. The third-order valence-corrected chi connectivity index (χ3v) is 3.89. The molecular formula is C16H16N2O4S. The van der Waals surface area contributed by atoms with Crippen LogP contribution in [0.1, 0.15) is 6.92 Å². The number of nitrogens with one attached hydrogen (secondary N) is 1. The van der Waals surface area contributed by atoms with Gasteiger partial charge < -0.3 is 10.1 Å². The molecule has 2 aromatic rings. The third kappa shape index (κ3) is 4.46. The number of benzene rings is 2. The van der Waals surface area contributed by atoms with Gasteiger partial charge in [0, 0.05) is 17.0 Å². The number of nitro groups is 1. The average Bonchev–Trinajstić information content (AvgIpc) is 2.55. The summed E-state index contributed by atoms with van der Waals surface area (Å²) < 4.78 is 5.52. The Morgan fingerprint density at radius 1 is 1.22 bits per heavy atom. The number of ether oxygens (including phenoxy) is 1. The number of para-hydroxylation sites is 1. The van der Waals surface area contributed by atoms with Gasteiger partial charge in [-0.1, -0.05) is 12.1 Å². The van der Waals surface area contributed by atoms with Gasteiger partial charge in [0.2, 0.25) is 0 Å². The van der Waals surface area contributed by atoms with Crippen LogP contribution in [0.25, 0.3) is 0 Å². The first-order valence-electron chi connectivity index (χ1n) is 6.86. The summed E-state index contributed by atoms with van der Waals surface area (Å²) in [5.41, 5.74) is 0.701. The van der Waals surface area contributed by atoms with Crippen LogP contribution >= 0.6 is 11.8 Å². The lowest BCUT2D eigenvalue weighted by atomic mass is 10.3. The molecule has 2 aromatic carbocycles. The van der Waals surface area contributed by atoms with Crippen LogP contribution in [-0.2, 0) is 4.79 Å². The van der Waals surface area contributed by atoms with Crippen LogP contribution in [0, 0.1) is 10.1 Å². The number of thioether (sulfide) groups is 1. The molecule has 7 heteroatoms. The van der Waals surface area contributed by atoms with E-state index in [9.17, 15) is 14.9 Å². The summed E-state index contributed by atoms with van der Waals surface area (Å²) in [5, 5.41) is 13.4. The van der Waals surface area contributed by atoms with Crippen molar-refractivity contribution in [2.45, 2.75) is 17.9 Å². The van der Waals surface area contributed by atoms with Crippen molar-refractivity contribution in [1.82, 2.24) is 0 Å². The molecule has 0 spiro atoms. The molecule has 0 aliphatic rings. The number of nitrogens with zero attached hydrogens (tertiary/aromatic N) is 1. The van der Waals surface area contributed by atoms with Crippen molar-refractivity contribution in [2.24, 2.45) is 0 Å². The highest BCUT2D eigenvalue weighted by Gasteiger charge is 2.16. The molecule has 0 saturated heterocycles. The number of hydrogen-bond donors (Lipinski definition) is 1. The van der Waals surface area contributed by atoms with Crippen LogP contribution in [0.4, 0.5) is 11.4 Å². The quantitative estimate of drug-likeness (QED) is 0.495. The predicted octanol–water partition coefficient (Wildman–Crippen LogP) is 3.72. The van der Waals surface area contributed by atoms with Gasteiger partial charge in [0.05, 0.1) is 10.6 Å². The van der Waals surface area contributed by atoms with E-state index in [4.69, 9.17) is 4.74 Å². The van der Waals surface area contributed by atoms with Gasteiger partial charge in [0.15, 0.2) is 6.10 Å². The van der Waals surface area contributed by atoms with Gasteiger partial charge in [-0.25, -0.2) is 0 Å². The first-order valence-corrected chi connectivity index (χ1v) is 8.08. The fourth-order valence-corrected chi connectivity index (χ4v) is 2.44.